The summed E-state index contributed by atoms with van der Waals surface area (Å²) in [7, 11) is 0. The van der Waals surface area contributed by atoms with E-state index in [2.05, 4.69) is 25.8 Å². The molecule has 0 spiro atoms. The number of hydrogen-bond acceptors (Lipinski definition) is 1. The summed E-state index contributed by atoms with van der Waals surface area (Å²) < 4.78 is 0. The molecule has 3 heteroatoms. The highest BCUT2D eigenvalue weighted by Gasteiger charge is 2.24. The number of aryl methyl sites for hydroxylation is 1. The van der Waals surface area contributed by atoms with Crippen LogP contribution in [0.3, 0.4) is 0 Å². The van der Waals surface area contributed by atoms with E-state index in [4.69, 9.17) is 17.3 Å². The van der Waals surface area contributed by atoms with Crippen molar-refractivity contribution in [2.24, 2.45) is 5.73 Å². The number of H-pyrrole nitrogens is 1. The molecule has 0 unspecified atom stereocenters. The van der Waals surface area contributed by atoms with Crippen molar-refractivity contribution in [1.82, 2.24) is 4.98 Å². The third-order valence-electron chi connectivity index (χ3n) is 3.14. The molecule has 0 aliphatic rings. The van der Waals surface area contributed by atoms with E-state index in [1.165, 1.54) is 16.6 Å². The third-order valence-corrected chi connectivity index (χ3v) is 3.37. The van der Waals surface area contributed by atoms with Crippen LogP contribution in [-0.2, 0) is 5.41 Å². The van der Waals surface area contributed by atoms with Gasteiger partial charge >= 0.3 is 0 Å². The Hall–Kier alpha value is -0.990. The second kappa shape index (κ2) is 3.79. The molecule has 1 aromatic carbocycles. The highest BCUT2D eigenvalue weighted by molar-refractivity contribution is 6.31. The van der Waals surface area contributed by atoms with E-state index in [0.29, 0.717) is 6.54 Å². The van der Waals surface area contributed by atoms with Gasteiger partial charge in [0.15, 0.2) is 0 Å². The Kier molecular flexibility index (Phi) is 2.72. The Labute approximate surface area is 101 Å². The lowest BCUT2D eigenvalue weighted by atomic mass is 9.83. The summed E-state index contributed by atoms with van der Waals surface area (Å²) in [5.41, 5.74) is 9.38. The van der Waals surface area contributed by atoms with Crippen LogP contribution in [0.25, 0.3) is 10.9 Å². The van der Waals surface area contributed by atoms with Crippen molar-refractivity contribution < 1.29 is 0 Å². The van der Waals surface area contributed by atoms with Gasteiger partial charge in [0.1, 0.15) is 0 Å². The minimum Gasteiger partial charge on any atom is -0.358 e. The van der Waals surface area contributed by atoms with Gasteiger partial charge in [-0.15, -0.1) is 0 Å². The second-order valence-electron chi connectivity index (χ2n) is 4.90. The zero-order valence-corrected chi connectivity index (χ0v) is 10.7. The highest BCUT2D eigenvalue weighted by Crippen LogP contribution is 2.33. The number of aromatic amines is 1. The van der Waals surface area contributed by atoms with Crippen molar-refractivity contribution in [3.8, 4) is 0 Å². The lowest BCUT2D eigenvalue weighted by Gasteiger charge is -2.23. The van der Waals surface area contributed by atoms with E-state index in [9.17, 15) is 0 Å². The third kappa shape index (κ3) is 1.72. The van der Waals surface area contributed by atoms with Crippen LogP contribution in [0.1, 0.15) is 25.1 Å². The Balaban J connectivity index is 2.77. The van der Waals surface area contributed by atoms with Gasteiger partial charge in [0.2, 0.25) is 0 Å². The van der Waals surface area contributed by atoms with Gasteiger partial charge in [-0.3, -0.25) is 0 Å². The van der Waals surface area contributed by atoms with Gasteiger partial charge in [-0.2, -0.15) is 0 Å². The van der Waals surface area contributed by atoms with Crippen molar-refractivity contribution in [3.05, 3.63) is 34.5 Å². The van der Waals surface area contributed by atoms with E-state index >= 15 is 0 Å². The number of rotatable bonds is 2. The first-order chi connectivity index (χ1) is 7.45. The summed E-state index contributed by atoms with van der Waals surface area (Å²) in [5, 5.41) is 1.95. The fraction of sp³-hybridized carbons (Fsp3) is 0.385. The summed E-state index contributed by atoms with van der Waals surface area (Å²) in [6, 6.07) is 5.92. The summed E-state index contributed by atoms with van der Waals surface area (Å²) >= 11 is 6.05. The fourth-order valence-electron chi connectivity index (χ4n) is 2.27. The minimum absolute atomic E-state index is 0.0347. The SMILES string of the molecule is Cc1[nH]c2ccc(Cl)cc2c1C(C)(C)CN. The van der Waals surface area contributed by atoms with Crippen molar-refractivity contribution in [1.29, 1.82) is 0 Å². The number of nitrogens with one attached hydrogen (secondary N) is 1. The molecule has 2 nitrogen and oxygen atoms in total. The first-order valence-corrected chi connectivity index (χ1v) is 5.82. The van der Waals surface area contributed by atoms with Crippen molar-refractivity contribution in [2.45, 2.75) is 26.2 Å². The topological polar surface area (TPSA) is 41.8 Å². The lowest BCUT2D eigenvalue weighted by molar-refractivity contribution is 0.540. The smallest absolute Gasteiger partial charge is 0.0460 e. The zero-order chi connectivity index (χ0) is 11.9. The van der Waals surface area contributed by atoms with E-state index < -0.39 is 0 Å². The molecule has 0 amide bonds. The quantitative estimate of drug-likeness (QED) is 0.825. The monoisotopic (exact) mass is 236 g/mol. The molecule has 1 heterocycles. The lowest BCUT2D eigenvalue weighted by Crippen LogP contribution is -2.28. The molecular formula is C13H17ClN2. The summed E-state index contributed by atoms with van der Waals surface area (Å²) in [6.07, 6.45) is 0. The van der Waals surface area contributed by atoms with E-state index in [1.807, 2.05) is 18.2 Å². The van der Waals surface area contributed by atoms with Crippen LogP contribution < -0.4 is 5.73 Å². The molecule has 0 radical (unpaired) electrons. The second-order valence-corrected chi connectivity index (χ2v) is 5.34. The Morgan fingerprint density at radius 1 is 1.38 bits per heavy atom. The molecule has 2 aromatic rings. The average Bonchev–Trinajstić information content (AvgIpc) is 2.54. The molecule has 0 saturated carbocycles. The van der Waals surface area contributed by atoms with Crippen LogP contribution in [0, 0.1) is 6.92 Å². The zero-order valence-electron chi connectivity index (χ0n) is 9.89. The van der Waals surface area contributed by atoms with Crippen LogP contribution in [0.5, 0.6) is 0 Å². The molecule has 0 fully saturated rings. The Bertz CT molecular complexity index is 526. The summed E-state index contributed by atoms with van der Waals surface area (Å²) in [5.74, 6) is 0. The molecule has 3 N–H and O–H groups in total. The average molecular weight is 237 g/mol. The normalized spacial score (nSPS) is 12.3. The number of fused-ring (bicyclic) bond motifs is 1. The largest absolute Gasteiger partial charge is 0.358 e. The molecule has 0 aliphatic carbocycles. The molecule has 0 saturated heterocycles. The number of aromatic nitrogens is 1. The van der Waals surface area contributed by atoms with E-state index in [-0.39, 0.29) is 5.41 Å². The van der Waals surface area contributed by atoms with Crippen LogP contribution in [0.15, 0.2) is 18.2 Å². The molecular weight excluding hydrogens is 220 g/mol. The molecule has 0 atom stereocenters. The molecule has 0 aliphatic heterocycles. The fourth-order valence-corrected chi connectivity index (χ4v) is 2.45. The first-order valence-electron chi connectivity index (χ1n) is 5.44. The van der Waals surface area contributed by atoms with Crippen molar-refractivity contribution in [2.75, 3.05) is 6.54 Å². The Morgan fingerprint density at radius 2 is 2.06 bits per heavy atom. The number of halogens is 1. The van der Waals surface area contributed by atoms with Crippen LogP contribution in [-0.4, -0.2) is 11.5 Å². The summed E-state index contributed by atoms with van der Waals surface area (Å²) in [4.78, 5) is 3.38. The van der Waals surface area contributed by atoms with Gasteiger partial charge in [-0.25, -0.2) is 0 Å². The maximum absolute atomic E-state index is 6.05. The highest BCUT2D eigenvalue weighted by atomic mass is 35.5. The predicted octanol–water partition coefficient (Wildman–Crippen LogP) is 3.37. The van der Waals surface area contributed by atoms with Crippen LogP contribution in [0.2, 0.25) is 5.02 Å². The molecule has 2 rings (SSSR count). The van der Waals surface area contributed by atoms with E-state index in [1.54, 1.807) is 0 Å². The van der Waals surface area contributed by atoms with Gasteiger partial charge in [-0.1, -0.05) is 25.4 Å². The minimum atomic E-state index is -0.0347. The van der Waals surface area contributed by atoms with Crippen molar-refractivity contribution >= 4 is 22.5 Å². The number of benzene rings is 1. The maximum Gasteiger partial charge on any atom is 0.0460 e. The molecule has 1 aromatic heterocycles. The van der Waals surface area contributed by atoms with E-state index in [0.717, 1.165) is 10.5 Å². The van der Waals surface area contributed by atoms with Gasteiger partial charge in [0, 0.05) is 33.6 Å². The standard InChI is InChI=1S/C13H17ClN2/c1-8-12(13(2,3)7-15)10-6-9(14)4-5-11(10)16-8/h4-6,16H,7,15H2,1-3H3. The van der Waals surface area contributed by atoms with Gasteiger partial charge in [-0.05, 0) is 30.7 Å². The molecule has 0 bridgehead atoms. The molecule has 86 valence electrons. The van der Waals surface area contributed by atoms with Crippen LogP contribution >= 0.6 is 11.6 Å². The number of hydrogen-bond donors (Lipinski definition) is 2. The first kappa shape index (κ1) is 11.5. The summed E-state index contributed by atoms with van der Waals surface area (Å²) in [6.45, 7) is 7.01. The van der Waals surface area contributed by atoms with Crippen LogP contribution in [0.4, 0.5) is 0 Å². The molecule has 16 heavy (non-hydrogen) atoms. The number of nitrogens with two attached hydrogens (primary N) is 1. The van der Waals surface area contributed by atoms with Gasteiger partial charge in [0.05, 0.1) is 0 Å². The van der Waals surface area contributed by atoms with Gasteiger partial charge in [0.25, 0.3) is 0 Å². The maximum atomic E-state index is 6.05. The predicted molar refractivity (Wildman–Crippen MR) is 70.1 cm³/mol. The van der Waals surface area contributed by atoms with Crippen molar-refractivity contribution in [3.63, 3.8) is 0 Å². The van der Waals surface area contributed by atoms with Gasteiger partial charge < -0.3 is 10.7 Å². The Morgan fingerprint density at radius 3 is 2.69 bits per heavy atom.